The third-order valence-corrected chi connectivity index (χ3v) is 2.09. The molecule has 1 atom stereocenters. The third kappa shape index (κ3) is 2.28. The molecule has 1 rings (SSSR count). The Kier molecular flexibility index (Phi) is 2.56. The average Bonchev–Trinajstić information content (AvgIpc) is 2.35. The molecule has 0 saturated heterocycles. The smallest absolute Gasteiger partial charge is 0.305 e. The van der Waals surface area contributed by atoms with Crippen LogP contribution in [-0.2, 0) is 4.79 Å². The molecule has 0 aliphatic rings. The van der Waals surface area contributed by atoms with Gasteiger partial charge in [-0.25, -0.2) is 4.37 Å². The first-order valence-electron chi connectivity index (χ1n) is 3.08. The van der Waals surface area contributed by atoms with E-state index in [0.29, 0.717) is 0 Å². The van der Waals surface area contributed by atoms with Crippen molar-refractivity contribution < 1.29 is 9.90 Å². The van der Waals surface area contributed by atoms with Crippen LogP contribution < -0.4 is 5.73 Å². The van der Waals surface area contributed by atoms with Crippen molar-refractivity contribution in [3.05, 3.63) is 17.1 Å². The minimum Gasteiger partial charge on any atom is -0.481 e. The Morgan fingerprint density at radius 1 is 1.91 bits per heavy atom. The van der Waals surface area contributed by atoms with E-state index in [1.165, 1.54) is 11.5 Å². The van der Waals surface area contributed by atoms with Gasteiger partial charge in [-0.1, -0.05) is 0 Å². The monoisotopic (exact) mass is 172 g/mol. The van der Waals surface area contributed by atoms with Gasteiger partial charge in [0.05, 0.1) is 12.5 Å². The molecule has 0 radical (unpaired) electrons. The van der Waals surface area contributed by atoms with Gasteiger partial charge in [-0.05, 0) is 17.6 Å². The molecule has 1 aromatic heterocycles. The summed E-state index contributed by atoms with van der Waals surface area (Å²) in [6.07, 6.45) is 1.57. The van der Waals surface area contributed by atoms with Gasteiger partial charge in [0.25, 0.3) is 0 Å². The van der Waals surface area contributed by atoms with Crippen LogP contribution in [0.25, 0.3) is 0 Å². The summed E-state index contributed by atoms with van der Waals surface area (Å²) in [5, 5.41) is 8.39. The summed E-state index contributed by atoms with van der Waals surface area (Å²) in [5.74, 6) is -0.883. The lowest BCUT2D eigenvalue weighted by molar-refractivity contribution is -0.137. The number of aliphatic carboxylic acids is 1. The van der Waals surface area contributed by atoms with Crippen LogP contribution in [-0.4, -0.2) is 15.4 Å². The molecule has 0 saturated carbocycles. The fourth-order valence-electron chi connectivity index (χ4n) is 0.706. The van der Waals surface area contributed by atoms with E-state index in [9.17, 15) is 4.79 Å². The number of nitrogens with zero attached hydrogens (tertiary/aromatic N) is 1. The van der Waals surface area contributed by atoms with Gasteiger partial charge >= 0.3 is 5.97 Å². The standard InChI is InChI=1S/C6H8N2O2S/c7-4(3-6(9)10)5-1-2-8-11-5/h1-2,4H,3,7H2,(H,9,10)/t4-/m0/s1. The van der Waals surface area contributed by atoms with Crippen molar-refractivity contribution in [3.63, 3.8) is 0 Å². The van der Waals surface area contributed by atoms with Gasteiger partial charge in [-0.3, -0.25) is 4.79 Å². The van der Waals surface area contributed by atoms with Crippen LogP contribution in [0.5, 0.6) is 0 Å². The summed E-state index contributed by atoms with van der Waals surface area (Å²) in [6.45, 7) is 0. The highest BCUT2D eigenvalue weighted by Gasteiger charge is 2.11. The molecule has 0 unspecified atom stereocenters. The van der Waals surface area contributed by atoms with Gasteiger partial charge in [-0.2, -0.15) is 0 Å². The highest BCUT2D eigenvalue weighted by Crippen LogP contribution is 2.16. The van der Waals surface area contributed by atoms with Crippen LogP contribution in [0.1, 0.15) is 17.3 Å². The molecular weight excluding hydrogens is 164 g/mol. The second-order valence-corrected chi connectivity index (χ2v) is 2.98. The van der Waals surface area contributed by atoms with Gasteiger partial charge in [0, 0.05) is 11.1 Å². The molecule has 0 amide bonds. The lowest BCUT2D eigenvalue weighted by atomic mass is 10.2. The second kappa shape index (κ2) is 3.45. The maximum atomic E-state index is 10.2. The van der Waals surface area contributed by atoms with Gasteiger partial charge in [0.1, 0.15) is 0 Å². The first kappa shape index (κ1) is 8.16. The Bertz CT molecular complexity index is 235. The Hall–Kier alpha value is -0.940. The van der Waals surface area contributed by atoms with Gasteiger partial charge in [-0.15, -0.1) is 0 Å². The predicted molar refractivity (Wildman–Crippen MR) is 41.3 cm³/mol. The molecule has 0 aliphatic heterocycles. The molecule has 0 spiro atoms. The normalized spacial score (nSPS) is 12.8. The van der Waals surface area contributed by atoms with Crippen molar-refractivity contribution in [2.45, 2.75) is 12.5 Å². The maximum absolute atomic E-state index is 10.2. The van der Waals surface area contributed by atoms with Crippen molar-refractivity contribution in [2.75, 3.05) is 0 Å². The Labute approximate surface area is 67.8 Å². The SMILES string of the molecule is N[C@@H](CC(=O)O)c1ccns1. The number of hydrogen-bond donors (Lipinski definition) is 2. The first-order chi connectivity index (χ1) is 5.20. The third-order valence-electron chi connectivity index (χ3n) is 1.22. The molecule has 60 valence electrons. The Morgan fingerprint density at radius 3 is 3.09 bits per heavy atom. The van der Waals surface area contributed by atoms with Crippen molar-refractivity contribution in [3.8, 4) is 0 Å². The number of rotatable bonds is 3. The van der Waals surface area contributed by atoms with E-state index in [1.54, 1.807) is 12.3 Å². The number of hydrogen-bond acceptors (Lipinski definition) is 4. The number of carboxylic acid groups (broad SMARTS) is 1. The summed E-state index contributed by atoms with van der Waals surface area (Å²) in [7, 11) is 0. The van der Waals surface area contributed by atoms with E-state index in [2.05, 4.69) is 4.37 Å². The van der Waals surface area contributed by atoms with Crippen LogP contribution >= 0.6 is 11.5 Å². The van der Waals surface area contributed by atoms with E-state index >= 15 is 0 Å². The van der Waals surface area contributed by atoms with Crippen molar-refractivity contribution in [2.24, 2.45) is 5.73 Å². The molecule has 4 nitrogen and oxygen atoms in total. The van der Waals surface area contributed by atoms with Crippen molar-refractivity contribution >= 4 is 17.5 Å². The van der Waals surface area contributed by atoms with Crippen molar-refractivity contribution in [1.29, 1.82) is 0 Å². The number of carboxylic acids is 1. The first-order valence-corrected chi connectivity index (χ1v) is 3.85. The highest BCUT2D eigenvalue weighted by atomic mass is 32.1. The van der Waals surface area contributed by atoms with E-state index < -0.39 is 12.0 Å². The molecule has 0 aliphatic carbocycles. The molecule has 1 aromatic rings. The molecule has 5 heteroatoms. The summed E-state index contributed by atoms with van der Waals surface area (Å²) in [4.78, 5) is 11.0. The fourth-order valence-corrected chi connectivity index (χ4v) is 1.29. The maximum Gasteiger partial charge on any atom is 0.305 e. The highest BCUT2D eigenvalue weighted by molar-refractivity contribution is 7.05. The quantitative estimate of drug-likeness (QED) is 0.700. The van der Waals surface area contributed by atoms with Crippen LogP contribution in [0.3, 0.4) is 0 Å². The molecular formula is C6H8N2O2S. The Morgan fingerprint density at radius 2 is 2.64 bits per heavy atom. The van der Waals surface area contributed by atoms with Crippen molar-refractivity contribution in [1.82, 2.24) is 4.37 Å². The number of carbonyl (C=O) groups is 1. The van der Waals surface area contributed by atoms with E-state index in [-0.39, 0.29) is 6.42 Å². The zero-order valence-corrected chi connectivity index (χ0v) is 6.54. The molecule has 0 bridgehead atoms. The summed E-state index contributed by atoms with van der Waals surface area (Å²) < 4.78 is 3.82. The van der Waals surface area contributed by atoms with E-state index in [1.807, 2.05) is 0 Å². The Balaban J connectivity index is 2.56. The zero-order valence-electron chi connectivity index (χ0n) is 5.73. The van der Waals surface area contributed by atoms with Gasteiger partial charge < -0.3 is 10.8 Å². The van der Waals surface area contributed by atoms with Crippen LogP contribution in [0.2, 0.25) is 0 Å². The fraction of sp³-hybridized carbons (Fsp3) is 0.333. The zero-order chi connectivity index (χ0) is 8.27. The lowest BCUT2D eigenvalue weighted by Crippen LogP contribution is -2.13. The minimum absolute atomic E-state index is 0.0395. The molecule has 11 heavy (non-hydrogen) atoms. The number of nitrogens with two attached hydrogens (primary N) is 1. The minimum atomic E-state index is -0.883. The summed E-state index contributed by atoms with van der Waals surface area (Å²) in [6, 6.07) is 1.32. The molecule has 0 fully saturated rings. The van der Waals surface area contributed by atoms with Gasteiger partial charge in [0.15, 0.2) is 0 Å². The van der Waals surface area contributed by atoms with E-state index in [0.717, 1.165) is 4.88 Å². The second-order valence-electron chi connectivity index (χ2n) is 2.12. The molecule has 0 aromatic carbocycles. The largest absolute Gasteiger partial charge is 0.481 e. The summed E-state index contributed by atoms with van der Waals surface area (Å²) >= 11 is 1.23. The molecule has 3 N–H and O–H groups in total. The van der Waals surface area contributed by atoms with E-state index in [4.69, 9.17) is 10.8 Å². The number of aromatic nitrogens is 1. The summed E-state index contributed by atoms with van der Waals surface area (Å²) in [5.41, 5.74) is 5.53. The lowest BCUT2D eigenvalue weighted by Gasteiger charge is -2.03. The topological polar surface area (TPSA) is 76.2 Å². The van der Waals surface area contributed by atoms with Gasteiger partial charge in [0.2, 0.25) is 0 Å². The van der Waals surface area contributed by atoms with Crippen LogP contribution in [0.4, 0.5) is 0 Å². The van der Waals surface area contributed by atoms with Crippen LogP contribution in [0, 0.1) is 0 Å². The molecule has 1 heterocycles. The predicted octanol–water partition coefficient (Wildman–Crippen LogP) is 0.618. The van der Waals surface area contributed by atoms with Crippen LogP contribution in [0.15, 0.2) is 12.3 Å². The average molecular weight is 172 g/mol.